The molecule has 0 spiro atoms. The van der Waals surface area contributed by atoms with E-state index in [4.69, 9.17) is 0 Å². The molecular formula is C26H24Cl2N4O4S2. The number of hydrogen-bond acceptors (Lipinski definition) is 6. The van der Waals surface area contributed by atoms with Crippen LogP contribution in [0.25, 0.3) is 0 Å². The van der Waals surface area contributed by atoms with E-state index in [1.807, 2.05) is 26.0 Å². The van der Waals surface area contributed by atoms with E-state index in [0.717, 1.165) is 9.75 Å². The third kappa shape index (κ3) is 8.03. The Bertz CT molecular complexity index is 1360. The smallest absolute Gasteiger partial charge is 0.275 e. The Morgan fingerprint density at radius 1 is 0.658 bits per heavy atom. The molecule has 2 amide bonds. The maximum Gasteiger partial charge on any atom is 0.275 e. The van der Waals surface area contributed by atoms with Crippen molar-refractivity contribution >= 4 is 46.1 Å². The van der Waals surface area contributed by atoms with Crippen LogP contribution in [0.2, 0.25) is 0 Å². The molecule has 4 aromatic rings. The van der Waals surface area contributed by atoms with Gasteiger partial charge in [0.2, 0.25) is 24.7 Å². The van der Waals surface area contributed by atoms with Gasteiger partial charge in [-0.15, -0.1) is 22.7 Å². The number of hydrazine groups is 1. The Labute approximate surface area is 240 Å². The summed E-state index contributed by atoms with van der Waals surface area (Å²) in [5.74, 6) is -1.14. The predicted molar refractivity (Wildman–Crippen MR) is 135 cm³/mol. The number of aryl methyl sites for hydroxylation is 2. The summed E-state index contributed by atoms with van der Waals surface area (Å²) in [7, 11) is 0. The number of halogens is 2. The van der Waals surface area contributed by atoms with E-state index in [9.17, 15) is 19.2 Å². The van der Waals surface area contributed by atoms with Gasteiger partial charge >= 0.3 is 0 Å². The number of pyridine rings is 2. The molecule has 4 aromatic heterocycles. The summed E-state index contributed by atoms with van der Waals surface area (Å²) in [6.45, 7) is 4.07. The summed E-state index contributed by atoms with van der Waals surface area (Å²) in [5, 5.41) is 0. The Balaban J connectivity index is 0.00000253. The SMILES string of the molecule is Cc1ccc(C(=O)C[n+]2cccc(C(=O)NNC(=O)c3ccc[n+](CC(=O)c4ccc(C)s4)c3)c2)s1.[Cl-].[Cl-]. The maximum absolute atomic E-state index is 12.6. The highest BCUT2D eigenvalue weighted by atomic mass is 35.5. The number of ketones is 2. The van der Waals surface area contributed by atoms with Crippen LogP contribution in [0.15, 0.2) is 73.3 Å². The molecule has 0 saturated carbocycles. The third-order valence-electron chi connectivity index (χ3n) is 5.21. The van der Waals surface area contributed by atoms with Gasteiger partial charge in [0.05, 0.1) is 9.75 Å². The van der Waals surface area contributed by atoms with Crippen LogP contribution in [-0.2, 0) is 13.1 Å². The molecule has 0 unspecified atom stereocenters. The lowest BCUT2D eigenvalue weighted by Gasteiger charge is -2.06. The van der Waals surface area contributed by atoms with Crippen molar-refractivity contribution in [3.05, 3.63) is 104 Å². The monoisotopic (exact) mass is 590 g/mol. The largest absolute Gasteiger partial charge is 1.00 e. The average molecular weight is 592 g/mol. The molecule has 0 aromatic carbocycles. The molecule has 0 aliphatic carbocycles. The summed E-state index contributed by atoms with van der Waals surface area (Å²) in [5.41, 5.74) is 5.36. The first kappa shape index (κ1) is 30.8. The summed E-state index contributed by atoms with van der Waals surface area (Å²) < 4.78 is 3.25. The van der Waals surface area contributed by atoms with Gasteiger partial charge in [-0.2, -0.15) is 9.13 Å². The van der Waals surface area contributed by atoms with Crippen LogP contribution in [-0.4, -0.2) is 23.4 Å². The molecule has 0 saturated heterocycles. The second-order valence-electron chi connectivity index (χ2n) is 8.11. The van der Waals surface area contributed by atoms with Crippen LogP contribution in [0.3, 0.4) is 0 Å². The molecule has 4 heterocycles. The molecule has 4 rings (SSSR count). The van der Waals surface area contributed by atoms with Gasteiger partial charge in [0.25, 0.3) is 11.8 Å². The molecule has 38 heavy (non-hydrogen) atoms. The minimum Gasteiger partial charge on any atom is -1.00 e. The zero-order valence-electron chi connectivity index (χ0n) is 20.4. The van der Waals surface area contributed by atoms with Crippen molar-refractivity contribution in [1.82, 2.24) is 10.9 Å². The van der Waals surface area contributed by atoms with Gasteiger partial charge in [0, 0.05) is 21.9 Å². The number of carbonyl (C=O) groups excluding carboxylic acids is 4. The van der Waals surface area contributed by atoms with Crippen molar-refractivity contribution in [2.75, 3.05) is 0 Å². The molecule has 198 valence electrons. The Morgan fingerprint density at radius 3 is 1.39 bits per heavy atom. The van der Waals surface area contributed by atoms with E-state index < -0.39 is 11.8 Å². The van der Waals surface area contributed by atoms with Crippen LogP contribution in [0, 0.1) is 13.8 Å². The molecule has 0 bridgehead atoms. The Kier molecular flexibility index (Phi) is 11.3. The number of Topliss-reactive ketones (excluding diaryl/α,β-unsaturated/α-hetero) is 2. The van der Waals surface area contributed by atoms with Crippen LogP contribution < -0.4 is 44.8 Å². The highest BCUT2D eigenvalue weighted by Gasteiger charge is 2.19. The van der Waals surface area contributed by atoms with E-state index in [-0.39, 0.29) is 60.6 Å². The van der Waals surface area contributed by atoms with E-state index in [1.54, 1.807) is 70.3 Å². The number of thiophene rings is 2. The second-order valence-corrected chi connectivity index (χ2v) is 10.7. The van der Waals surface area contributed by atoms with Gasteiger partial charge in [-0.1, -0.05) is 0 Å². The average Bonchev–Trinajstić information content (AvgIpc) is 3.51. The number of nitrogens with one attached hydrogen (secondary N) is 2. The number of aromatic nitrogens is 2. The summed E-state index contributed by atoms with van der Waals surface area (Å²) in [6.07, 6.45) is 6.51. The summed E-state index contributed by atoms with van der Waals surface area (Å²) >= 11 is 2.86. The number of rotatable bonds is 8. The first-order valence-corrected chi connectivity index (χ1v) is 12.7. The van der Waals surface area contributed by atoms with Crippen molar-refractivity contribution in [2.45, 2.75) is 26.9 Å². The number of carbonyl (C=O) groups is 4. The van der Waals surface area contributed by atoms with Crippen LogP contribution in [0.4, 0.5) is 0 Å². The van der Waals surface area contributed by atoms with Crippen LogP contribution >= 0.6 is 22.7 Å². The zero-order chi connectivity index (χ0) is 25.7. The normalized spacial score (nSPS) is 10.1. The predicted octanol–water partition coefficient (Wildman–Crippen LogP) is -3.15. The minimum absolute atomic E-state index is 0. The van der Waals surface area contributed by atoms with E-state index in [0.29, 0.717) is 9.75 Å². The lowest BCUT2D eigenvalue weighted by Crippen LogP contribution is -3.00. The standard InChI is InChI=1S/C26H22N4O4S2.2ClH/c1-17-7-9-23(35-17)21(31)15-29-11-3-5-19(13-29)25(33)27-28-26(34)20-6-4-12-30(14-20)16-22(32)24-10-8-18(2)36-24;;/h3-14H,15-16H2,1-2H3;2*1H. The Hall–Kier alpha value is -3.44. The van der Waals surface area contributed by atoms with Gasteiger partial charge < -0.3 is 24.8 Å². The topological polar surface area (TPSA) is 100 Å². The molecule has 0 aliphatic rings. The quantitative estimate of drug-likeness (QED) is 0.129. The molecule has 0 aliphatic heterocycles. The molecular weight excluding hydrogens is 567 g/mol. The van der Waals surface area contributed by atoms with Gasteiger partial charge in [-0.3, -0.25) is 30.0 Å². The first-order valence-electron chi connectivity index (χ1n) is 11.1. The summed E-state index contributed by atoms with van der Waals surface area (Å²) in [4.78, 5) is 53.6. The highest BCUT2D eigenvalue weighted by Crippen LogP contribution is 2.16. The maximum atomic E-state index is 12.6. The van der Waals surface area contributed by atoms with Crippen LogP contribution in [0.1, 0.15) is 49.8 Å². The molecule has 8 nitrogen and oxygen atoms in total. The van der Waals surface area contributed by atoms with Gasteiger partial charge in [0.1, 0.15) is 11.1 Å². The van der Waals surface area contributed by atoms with Gasteiger partial charge in [-0.25, -0.2) is 0 Å². The lowest BCUT2D eigenvalue weighted by atomic mass is 10.2. The van der Waals surface area contributed by atoms with Crippen molar-refractivity contribution in [2.24, 2.45) is 0 Å². The van der Waals surface area contributed by atoms with Crippen molar-refractivity contribution in [3.8, 4) is 0 Å². The molecule has 12 heteroatoms. The fourth-order valence-electron chi connectivity index (χ4n) is 3.42. The van der Waals surface area contributed by atoms with Gasteiger partial charge in [0.15, 0.2) is 24.8 Å². The van der Waals surface area contributed by atoms with Crippen molar-refractivity contribution in [1.29, 1.82) is 0 Å². The van der Waals surface area contributed by atoms with E-state index in [1.165, 1.54) is 22.7 Å². The van der Waals surface area contributed by atoms with Crippen molar-refractivity contribution in [3.63, 3.8) is 0 Å². The molecule has 2 N–H and O–H groups in total. The van der Waals surface area contributed by atoms with Crippen molar-refractivity contribution < 1.29 is 53.1 Å². The lowest BCUT2D eigenvalue weighted by molar-refractivity contribution is -0.683. The minimum atomic E-state index is -0.524. The first-order chi connectivity index (χ1) is 17.3. The number of amides is 2. The highest BCUT2D eigenvalue weighted by molar-refractivity contribution is 7.14. The van der Waals surface area contributed by atoms with Gasteiger partial charge in [-0.05, 0) is 50.2 Å². The second kappa shape index (κ2) is 13.9. The molecule has 0 fully saturated rings. The number of hydrogen-bond donors (Lipinski definition) is 2. The molecule has 0 radical (unpaired) electrons. The zero-order valence-corrected chi connectivity index (χ0v) is 23.6. The summed E-state index contributed by atoms with van der Waals surface area (Å²) in [6, 6.07) is 13.9. The Morgan fingerprint density at radius 2 is 1.05 bits per heavy atom. The van der Waals surface area contributed by atoms with E-state index >= 15 is 0 Å². The van der Waals surface area contributed by atoms with E-state index in [2.05, 4.69) is 10.9 Å². The fourth-order valence-corrected chi connectivity index (χ4v) is 5.02. The fraction of sp³-hybridized carbons (Fsp3) is 0.154. The third-order valence-corrected chi connectivity index (χ3v) is 7.30. The number of nitrogens with zero attached hydrogens (tertiary/aromatic N) is 2. The van der Waals surface area contributed by atoms with Crippen LogP contribution in [0.5, 0.6) is 0 Å². The molecule has 0 atom stereocenters.